The van der Waals surface area contributed by atoms with Crippen LogP contribution in [0.25, 0.3) is 0 Å². The minimum Gasteiger partial charge on any atom is -0.396 e. The predicted molar refractivity (Wildman–Crippen MR) is 75.2 cm³/mol. The topological polar surface area (TPSA) is 58.6 Å². The zero-order valence-corrected chi connectivity index (χ0v) is 11.8. The van der Waals surface area contributed by atoms with Gasteiger partial charge in [-0.1, -0.05) is 0 Å². The fourth-order valence-electron chi connectivity index (χ4n) is 2.29. The molecular formula is C14H21NO3S. The van der Waals surface area contributed by atoms with E-state index >= 15 is 0 Å². The summed E-state index contributed by atoms with van der Waals surface area (Å²) in [6, 6.07) is 2.06. The van der Waals surface area contributed by atoms with Crippen LogP contribution in [0.5, 0.6) is 0 Å². The van der Waals surface area contributed by atoms with E-state index in [4.69, 9.17) is 4.74 Å². The van der Waals surface area contributed by atoms with Gasteiger partial charge in [-0.15, -0.1) is 0 Å². The van der Waals surface area contributed by atoms with Gasteiger partial charge in [-0.3, -0.25) is 4.79 Å². The molecule has 1 amide bonds. The first-order chi connectivity index (χ1) is 9.29. The molecule has 2 rings (SSSR count). The van der Waals surface area contributed by atoms with E-state index in [1.54, 1.807) is 11.3 Å². The molecule has 0 aliphatic carbocycles. The van der Waals surface area contributed by atoms with Crippen LogP contribution < -0.4 is 5.32 Å². The summed E-state index contributed by atoms with van der Waals surface area (Å²) < 4.78 is 5.25. The van der Waals surface area contributed by atoms with Gasteiger partial charge in [0.15, 0.2) is 0 Å². The third-order valence-corrected chi connectivity index (χ3v) is 4.25. The van der Waals surface area contributed by atoms with Gasteiger partial charge in [0, 0.05) is 38.2 Å². The SMILES string of the molecule is O=C(NC[C@H](CO)Cc1ccsc1)C1CCOCC1. The number of aliphatic hydroxyl groups is 1. The van der Waals surface area contributed by atoms with Crippen molar-refractivity contribution in [2.45, 2.75) is 19.3 Å². The van der Waals surface area contributed by atoms with Crippen LogP contribution in [0.1, 0.15) is 18.4 Å². The molecule has 106 valence electrons. The van der Waals surface area contributed by atoms with E-state index < -0.39 is 0 Å². The average Bonchev–Trinajstić information content (AvgIpc) is 2.97. The third kappa shape index (κ3) is 4.60. The highest BCUT2D eigenvalue weighted by Gasteiger charge is 2.22. The minimum absolute atomic E-state index is 0.0780. The Hall–Kier alpha value is -0.910. The third-order valence-electron chi connectivity index (χ3n) is 3.52. The van der Waals surface area contributed by atoms with Crippen LogP contribution in [-0.4, -0.2) is 37.4 Å². The van der Waals surface area contributed by atoms with Crippen molar-refractivity contribution in [3.63, 3.8) is 0 Å². The molecule has 1 atom stereocenters. The molecule has 1 fully saturated rings. The molecule has 0 aromatic carbocycles. The van der Waals surface area contributed by atoms with Crippen molar-refractivity contribution in [3.8, 4) is 0 Å². The lowest BCUT2D eigenvalue weighted by atomic mass is 9.98. The smallest absolute Gasteiger partial charge is 0.223 e. The Bertz CT molecular complexity index is 374. The molecule has 1 aromatic heterocycles. The molecule has 2 heterocycles. The number of aliphatic hydroxyl groups excluding tert-OH is 1. The van der Waals surface area contributed by atoms with Crippen LogP contribution in [0.15, 0.2) is 16.8 Å². The summed E-state index contributed by atoms with van der Waals surface area (Å²) in [5.41, 5.74) is 1.23. The highest BCUT2D eigenvalue weighted by atomic mass is 32.1. The van der Waals surface area contributed by atoms with Crippen molar-refractivity contribution in [3.05, 3.63) is 22.4 Å². The van der Waals surface area contributed by atoms with Gasteiger partial charge < -0.3 is 15.2 Å². The number of carbonyl (C=O) groups excluding carboxylic acids is 1. The number of nitrogens with one attached hydrogen (secondary N) is 1. The van der Waals surface area contributed by atoms with Gasteiger partial charge in [0.2, 0.25) is 5.91 Å². The Morgan fingerprint density at radius 3 is 2.95 bits per heavy atom. The summed E-state index contributed by atoms with van der Waals surface area (Å²) >= 11 is 1.66. The standard InChI is InChI=1S/C14H21NO3S/c16-9-12(7-11-3-6-19-10-11)8-15-14(17)13-1-4-18-5-2-13/h3,6,10,12-13,16H,1-2,4-5,7-9H2,(H,15,17)/t12-/m1/s1. The van der Waals surface area contributed by atoms with Crippen molar-refractivity contribution >= 4 is 17.2 Å². The van der Waals surface area contributed by atoms with Gasteiger partial charge in [-0.2, -0.15) is 11.3 Å². The van der Waals surface area contributed by atoms with E-state index in [-0.39, 0.29) is 24.3 Å². The first kappa shape index (κ1) is 14.5. The molecule has 19 heavy (non-hydrogen) atoms. The molecule has 1 aromatic rings. The average molecular weight is 283 g/mol. The maximum atomic E-state index is 12.0. The molecule has 2 N–H and O–H groups in total. The highest BCUT2D eigenvalue weighted by Crippen LogP contribution is 2.15. The largest absolute Gasteiger partial charge is 0.396 e. The van der Waals surface area contributed by atoms with Gasteiger partial charge >= 0.3 is 0 Å². The Labute approximate surface area is 117 Å². The summed E-state index contributed by atoms with van der Waals surface area (Å²) in [4.78, 5) is 12.0. The highest BCUT2D eigenvalue weighted by molar-refractivity contribution is 7.07. The van der Waals surface area contributed by atoms with Crippen LogP contribution in [0, 0.1) is 11.8 Å². The quantitative estimate of drug-likeness (QED) is 0.830. The van der Waals surface area contributed by atoms with Crippen LogP contribution in [0.2, 0.25) is 0 Å². The van der Waals surface area contributed by atoms with E-state index in [1.165, 1.54) is 5.56 Å². The Morgan fingerprint density at radius 1 is 1.53 bits per heavy atom. The molecule has 1 saturated heterocycles. The maximum absolute atomic E-state index is 12.0. The van der Waals surface area contributed by atoms with Gasteiger partial charge in [0.1, 0.15) is 0 Å². The van der Waals surface area contributed by atoms with E-state index in [9.17, 15) is 9.90 Å². The van der Waals surface area contributed by atoms with Crippen LogP contribution >= 0.6 is 11.3 Å². The number of hydrogen-bond donors (Lipinski definition) is 2. The summed E-state index contributed by atoms with van der Waals surface area (Å²) in [5, 5.41) is 16.5. The Morgan fingerprint density at radius 2 is 2.32 bits per heavy atom. The van der Waals surface area contributed by atoms with Crippen LogP contribution in [0.4, 0.5) is 0 Å². The lowest BCUT2D eigenvalue weighted by Gasteiger charge is -2.22. The second kappa shape index (κ2) is 7.62. The van der Waals surface area contributed by atoms with Crippen molar-refractivity contribution in [2.75, 3.05) is 26.4 Å². The second-order valence-electron chi connectivity index (χ2n) is 5.02. The van der Waals surface area contributed by atoms with Gasteiger partial charge in [-0.25, -0.2) is 0 Å². The minimum atomic E-state index is 0.0780. The second-order valence-corrected chi connectivity index (χ2v) is 5.80. The number of rotatable bonds is 6. The zero-order valence-electron chi connectivity index (χ0n) is 11.0. The molecule has 0 bridgehead atoms. The van der Waals surface area contributed by atoms with E-state index in [0.29, 0.717) is 19.8 Å². The monoisotopic (exact) mass is 283 g/mol. The van der Waals surface area contributed by atoms with Gasteiger partial charge in [0.25, 0.3) is 0 Å². The number of carbonyl (C=O) groups is 1. The van der Waals surface area contributed by atoms with Crippen LogP contribution in [0.3, 0.4) is 0 Å². The maximum Gasteiger partial charge on any atom is 0.223 e. The van der Waals surface area contributed by atoms with E-state index in [2.05, 4.69) is 16.8 Å². The van der Waals surface area contributed by atoms with Crippen LogP contribution in [-0.2, 0) is 16.0 Å². The fraction of sp³-hybridized carbons (Fsp3) is 0.643. The first-order valence-corrected chi connectivity index (χ1v) is 7.71. The van der Waals surface area contributed by atoms with E-state index in [0.717, 1.165) is 19.3 Å². The molecule has 0 radical (unpaired) electrons. The number of thiophene rings is 1. The normalized spacial score (nSPS) is 18.2. The number of amides is 1. The molecular weight excluding hydrogens is 262 g/mol. The van der Waals surface area contributed by atoms with Crippen molar-refractivity contribution < 1.29 is 14.6 Å². The first-order valence-electron chi connectivity index (χ1n) is 6.77. The lowest BCUT2D eigenvalue weighted by Crippen LogP contribution is -2.38. The Kier molecular flexibility index (Phi) is 5.82. The molecule has 1 aliphatic heterocycles. The molecule has 4 nitrogen and oxygen atoms in total. The molecule has 0 saturated carbocycles. The lowest BCUT2D eigenvalue weighted by molar-refractivity contribution is -0.128. The molecule has 0 unspecified atom stereocenters. The summed E-state index contributed by atoms with van der Waals surface area (Å²) in [6.45, 7) is 2.00. The van der Waals surface area contributed by atoms with Crippen molar-refractivity contribution in [2.24, 2.45) is 11.8 Å². The zero-order chi connectivity index (χ0) is 13.5. The molecule has 1 aliphatic rings. The predicted octanol–water partition coefficient (Wildman–Crippen LogP) is 1.44. The van der Waals surface area contributed by atoms with Gasteiger partial charge in [0.05, 0.1) is 0 Å². The number of ether oxygens (including phenoxy) is 1. The van der Waals surface area contributed by atoms with Crippen molar-refractivity contribution in [1.29, 1.82) is 0 Å². The summed E-state index contributed by atoms with van der Waals surface area (Å²) in [5.74, 6) is 0.277. The molecule has 0 spiro atoms. The van der Waals surface area contributed by atoms with Crippen molar-refractivity contribution in [1.82, 2.24) is 5.32 Å². The Balaban J connectivity index is 1.74. The van der Waals surface area contributed by atoms with Gasteiger partial charge in [-0.05, 0) is 41.7 Å². The fourth-order valence-corrected chi connectivity index (χ4v) is 2.97. The molecule has 5 heteroatoms. The number of hydrogen-bond acceptors (Lipinski definition) is 4. The summed E-state index contributed by atoms with van der Waals surface area (Å²) in [7, 11) is 0. The summed E-state index contributed by atoms with van der Waals surface area (Å²) in [6.07, 6.45) is 2.42. The van der Waals surface area contributed by atoms with E-state index in [1.807, 2.05) is 5.38 Å².